The molecule has 0 aliphatic heterocycles. The molecule has 0 rings (SSSR count). The van der Waals surface area contributed by atoms with Crippen molar-refractivity contribution in [3.8, 4) is 0 Å². The smallest absolute Gasteiger partial charge is 0.0613 e. The molecule has 0 spiro atoms. The third-order valence-electron chi connectivity index (χ3n) is 0.377. The third-order valence-corrected chi connectivity index (χ3v) is 0.377. The van der Waals surface area contributed by atoms with E-state index >= 15 is 0 Å². The minimum Gasteiger partial charge on any atom is -0.392 e. The number of aliphatic hydroxyl groups is 2. The topological polar surface area (TPSA) is 40.5 Å². The van der Waals surface area contributed by atoms with E-state index in [1.54, 1.807) is 0 Å². The van der Waals surface area contributed by atoms with Crippen LogP contribution in [0.1, 0.15) is 14.9 Å². The maximum absolute atomic E-state index is 8.00. The van der Waals surface area contributed by atoms with E-state index in [9.17, 15) is 0 Å². The summed E-state index contributed by atoms with van der Waals surface area (Å²) in [6.45, 7) is 0.0289. The average molecular weight is 120 g/mol. The molecule has 8 heavy (non-hydrogen) atoms. The van der Waals surface area contributed by atoms with E-state index in [-0.39, 0.29) is 28.1 Å². The van der Waals surface area contributed by atoms with Crippen LogP contribution >= 0.6 is 0 Å². The fourth-order valence-electron chi connectivity index (χ4n) is 0.149. The Kier molecular flexibility index (Phi) is 31.2. The van der Waals surface area contributed by atoms with E-state index in [0.717, 1.165) is 0 Å². The lowest BCUT2D eigenvalue weighted by molar-refractivity contribution is 0.329. The lowest BCUT2D eigenvalue weighted by Gasteiger charge is -1.73. The predicted octanol–water partition coefficient (Wildman–Crippen LogP) is 0.799. The van der Waals surface area contributed by atoms with Crippen LogP contribution in [0.2, 0.25) is 0 Å². The normalized spacial score (nSPS) is 7.75. The summed E-state index contributed by atoms with van der Waals surface area (Å²) < 4.78 is 0. The van der Waals surface area contributed by atoms with E-state index in [1.807, 2.05) is 0 Å². The van der Waals surface area contributed by atoms with Crippen LogP contribution in [0.4, 0.5) is 0 Å². The van der Waals surface area contributed by atoms with Crippen molar-refractivity contribution in [3.05, 3.63) is 12.2 Å². The van der Waals surface area contributed by atoms with Crippen molar-refractivity contribution in [2.24, 2.45) is 0 Å². The minimum atomic E-state index is 0. The summed E-state index contributed by atoms with van der Waals surface area (Å²) in [5, 5.41) is 16.0. The van der Waals surface area contributed by atoms with Crippen LogP contribution in [0, 0.1) is 0 Å². The second-order valence-electron chi connectivity index (χ2n) is 0.837. The summed E-state index contributed by atoms with van der Waals surface area (Å²) in [4.78, 5) is 0. The molecule has 2 N–H and O–H groups in total. The quantitative estimate of drug-likeness (QED) is 0.529. The molecule has 0 aliphatic rings. The summed E-state index contributed by atoms with van der Waals surface area (Å²) in [7, 11) is 0. The highest BCUT2D eigenvalue weighted by Gasteiger charge is 1.61. The van der Waals surface area contributed by atoms with E-state index in [2.05, 4.69) is 0 Å². The Hall–Kier alpha value is -0.340. The molecule has 0 heterocycles. The molecular formula is C6H16O2. The standard InChI is InChI=1S/C4H8O2.2CH4/c5-3-1-2-4-6;;/h1-2,5-6H,3-4H2;2*1H4/b2-1+;;. The number of hydrogen-bond acceptors (Lipinski definition) is 2. The molecule has 0 unspecified atom stereocenters. The first-order valence-corrected chi connectivity index (χ1v) is 1.78. The zero-order chi connectivity index (χ0) is 4.83. The molecule has 0 aromatic rings. The van der Waals surface area contributed by atoms with Crippen LogP contribution in [0.15, 0.2) is 12.2 Å². The molecule has 52 valence electrons. The van der Waals surface area contributed by atoms with Crippen molar-refractivity contribution in [2.75, 3.05) is 13.2 Å². The van der Waals surface area contributed by atoms with Crippen molar-refractivity contribution in [1.29, 1.82) is 0 Å². The van der Waals surface area contributed by atoms with E-state index in [1.165, 1.54) is 12.2 Å². The van der Waals surface area contributed by atoms with Gasteiger partial charge < -0.3 is 10.2 Å². The van der Waals surface area contributed by atoms with Crippen LogP contribution in [0.25, 0.3) is 0 Å². The van der Waals surface area contributed by atoms with Gasteiger partial charge in [-0.3, -0.25) is 0 Å². The van der Waals surface area contributed by atoms with E-state index in [4.69, 9.17) is 10.2 Å². The SMILES string of the molecule is C.C.OC/C=C/CO. The molecule has 0 aliphatic carbocycles. The zero-order valence-electron chi connectivity index (χ0n) is 3.46. The summed E-state index contributed by atoms with van der Waals surface area (Å²) in [6.07, 6.45) is 2.97. The molecule has 0 aromatic heterocycles. The first kappa shape index (κ1) is 15.6. The summed E-state index contributed by atoms with van der Waals surface area (Å²) in [5.41, 5.74) is 0. The Labute approximate surface area is 51.5 Å². The van der Waals surface area contributed by atoms with Gasteiger partial charge in [0.15, 0.2) is 0 Å². The molecule has 0 atom stereocenters. The largest absolute Gasteiger partial charge is 0.392 e. The number of aliphatic hydroxyl groups excluding tert-OH is 2. The maximum atomic E-state index is 8.00. The molecule has 0 aromatic carbocycles. The van der Waals surface area contributed by atoms with Gasteiger partial charge in [-0.2, -0.15) is 0 Å². The summed E-state index contributed by atoms with van der Waals surface area (Å²) in [5.74, 6) is 0. The van der Waals surface area contributed by atoms with Gasteiger partial charge >= 0.3 is 0 Å². The maximum Gasteiger partial charge on any atom is 0.0613 e. The summed E-state index contributed by atoms with van der Waals surface area (Å²) >= 11 is 0. The molecular weight excluding hydrogens is 104 g/mol. The predicted molar refractivity (Wildman–Crippen MR) is 36.8 cm³/mol. The second kappa shape index (κ2) is 15.9. The molecule has 2 nitrogen and oxygen atoms in total. The molecule has 0 fully saturated rings. The van der Waals surface area contributed by atoms with Crippen molar-refractivity contribution in [1.82, 2.24) is 0 Å². The first-order chi connectivity index (χ1) is 2.91. The van der Waals surface area contributed by atoms with Gasteiger partial charge in [-0.1, -0.05) is 27.0 Å². The molecule has 2 heteroatoms. The van der Waals surface area contributed by atoms with Crippen LogP contribution in [-0.2, 0) is 0 Å². The van der Waals surface area contributed by atoms with Crippen LogP contribution in [-0.4, -0.2) is 23.4 Å². The molecule has 0 bridgehead atoms. The van der Waals surface area contributed by atoms with E-state index in [0.29, 0.717) is 0 Å². The fraction of sp³-hybridized carbons (Fsp3) is 0.667. The second-order valence-corrected chi connectivity index (χ2v) is 0.837. The van der Waals surface area contributed by atoms with Crippen LogP contribution in [0.3, 0.4) is 0 Å². The average Bonchev–Trinajstić information content (AvgIpc) is 1.61. The van der Waals surface area contributed by atoms with Crippen molar-refractivity contribution >= 4 is 0 Å². The first-order valence-electron chi connectivity index (χ1n) is 1.78. The monoisotopic (exact) mass is 120 g/mol. The highest BCUT2D eigenvalue weighted by atomic mass is 16.3. The Morgan fingerprint density at radius 2 is 1.12 bits per heavy atom. The van der Waals surface area contributed by atoms with Crippen LogP contribution in [0.5, 0.6) is 0 Å². The Morgan fingerprint density at radius 3 is 1.25 bits per heavy atom. The van der Waals surface area contributed by atoms with Crippen LogP contribution < -0.4 is 0 Å². The van der Waals surface area contributed by atoms with Crippen molar-refractivity contribution in [3.63, 3.8) is 0 Å². The summed E-state index contributed by atoms with van der Waals surface area (Å²) in [6, 6.07) is 0. The van der Waals surface area contributed by atoms with Gasteiger partial charge in [0.2, 0.25) is 0 Å². The Balaban J connectivity index is -0.000000125. The fourth-order valence-corrected chi connectivity index (χ4v) is 0.149. The molecule has 0 radical (unpaired) electrons. The highest BCUT2D eigenvalue weighted by molar-refractivity contribution is 4.78. The van der Waals surface area contributed by atoms with Crippen molar-refractivity contribution < 1.29 is 10.2 Å². The van der Waals surface area contributed by atoms with Gasteiger partial charge in [-0.25, -0.2) is 0 Å². The van der Waals surface area contributed by atoms with E-state index < -0.39 is 0 Å². The van der Waals surface area contributed by atoms with Gasteiger partial charge in [0, 0.05) is 0 Å². The van der Waals surface area contributed by atoms with Crippen molar-refractivity contribution in [2.45, 2.75) is 14.9 Å². The Morgan fingerprint density at radius 1 is 0.875 bits per heavy atom. The van der Waals surface area contributed by atoms with Gasteiger partial charge in [-0.05, 0) is 0 Å². The highest BCUT2D eigenvalue weighted by Crippen LogP contribution is 1.63. The Bertz CT molecular complexity index is 35.8. The lowest BCUT2D eigenvalue weighted by atomic mass is 10.5. The van der Waals surface area contributed by atoms with Gasteiger partial charge in [0.05, 0.1) is 13.2 Å². The zero-order valence-corrected chi connectivity index (χ0v) is 3.46. The van der Waals surface area contributed by atoms with Gasteiger partial charge in [0.25, 0.3) is 0 Å². The van der Waals surface area contributed by atoms with Gasteiger partial charge in [0.1, 0.15) is 0 Å². The third kappa shape index (κ3) is 17.4. The minimum absolute atomic E-state index is 0. The number of rotatable bonds is 2. The molecule has 0 amide bonds. The molecule has 0 saturated heterocycles. The molecule has 0 saturated carbocycles. The van der Waals surface area contributed by atoms with Gasteiger partial charge in [-0.15, -0.1) is 0 Å². The lowest BCUT2D eigenvalue weighted by Crippen LogP contribution is -1.74. The number of hydrogen-bond donors (Lipinski definition) is 2.